The molecule has 138 valence electrons. The van der Waals surface area contributed by atoms with E-state index in [2.05, 4.69) is 10.4 Å². The zero-order valence-corrected chi connectivity index (χ0v) is 15.0. The Morgan fingerprint density at radius 3 is 2.78 bits per heavy atom. The van der Waals surface area contributed by atoms with Gasteiger partial charge in [0.25, 0.3) is 5.91 Å². The summed E-state index contributed by atoms with van der Waals surface area (Å²) in [6.07, 6.45) is 3.08. The van der Waals surface area contributed by atoms with Gasteiger partial charge < -0.3 is 15.0 Å². The summed E-state index contributed by atoms with van der Waals surface area (Å²) in [4.78, 5) is 25.8. The van der Waals surface area contributed by atoms with Crippen LogP contribution in [0.3, 0.4) is 0 Å². The van der Waals surface area contributed by atoms with Crippen LogP contribution in [0.25, 0.3) is 10.8 Å². The first-order chi connectivity index (χ1) is 13.1. The highest BCUT2D eigenvalue weighted by Crippen LogP contribution is 2.23. The van der Waals surface area contributed by atoms with Gasteiger partial charge in [-0.1, -0.05) is 30.3 Å². The molecule has 3 aromatic rings. The standard InChI is InChI=1S/C20H20N4O3/c1-14-6-7-18(17-5-3-2-4-16(14)17)19(25)22-15-12-21-24(13-15)9-8-23-10-11-27-20(23)26/h2-7,12-13H,8-11H2,1H3,(H,22,25). The van der Waals surface area contributed by atoms with Crippen LogP contribution in [-0.4, -0.2) is 46.4 Å². The smallest absolute Gasteiger partial charge is 0.410 e. The zero-order chi connectivity index (χ0) is 18.8. The minimum atomic E-state index is -0.290. The molecule has 0 radical (unpaired) electrons. The van der Waals surface area contributed by atoms with E-state index in [-0.39, 0.29) is 12.0 Å². The number of rotatable bonds is 5. The molecule has 4 rings (SSSR count). The zero-order valence-electron chi connectivity index (χ0n) is 15.0. The van der Waals surface area contributed by atoms with Gasteiger partial charge in [0, 0.05) is 18.3 Å². The van der Waals surface area contributed by atoms with E-state index < -0.39 is 0 Å². The van der Waals surface area contributed by atoms with Gasteiger partial charge in [0.2, 0.25) is 0 Å². The van der Waals surface area contributed by atoms with Crippen molar-refractivity contribution in [3.8, 4) is 0 Å². The molecule has 0 saturated carbocycles. The van der Waals surface area contributed by atoms with Crippen LogP contribution in [0.5, 0.6) is 0 Å². The minimum absolute atomic E-state index is 0.172. The number of anilines is 1. The average molecular weight is 364 g/mol. The van der Waals surface area contributed by atoms with Gasteiger partial charge >= 0.3 is 6.09 Å². The fraction of sp³-hybridized carbons (Fsp3) is 0.250. The van der Waals surface area contributed by atoms with Crippen molar-refractivity contribution in [2.24, 2.45) is 0 Å². The lowest BCUT2D eigenvalue weighted by atomic mass is 10.00. The first-order valence-electron chi connectivity index (χ1n) is 8.86. The minimum Gasteiger partial charge on any atom is -0.448 e. The van der Waals surface area contributed by atoms with Crippen LogP contribution in [-0.2, 0) is 11.3 Å². The first-order valence-corrected chi connectivity index (χ1v) is 8.86. The van der Waals surface area contributed by atoms with Crippen molar-refractivity contribution in [1.29, 1.82) is 0 Å². The lowest BCUT2D eigenvalue weighted by molar-refractivity contribution is 0.102. The normalized spacial score (nSPS) is 13.8. The number of nitrogens with zero attached hydrogens (tertiary/aromatic N) is 3. The fourth-order valence-corrected chi connectivity index (χ4v) is 3.25. The molecular weight excluding hydrogens is 344 g/mol. The van der Waals surface area contributed by atoms with Crippen LogP contribution >= 0.6 is 0 Å². The predicted molar refractivity (Wildman–Crippen MR) is 102 cm³/mol. The Kier molecular flexibility index (Phi) is 4.50. The van der Waals surface area contributed by atoms with Gasteiger partial charge in [0.05, 0.1) is 25.0 Å². The van der Waals surface area contributed by atoms with E-state index in [4.69, 9.17) is 4.74 Å². The molecule has 27 heavy (non-hydrogen) atoms. The Morgan fingerprint density at radius 1 is 1.19 bits per heavy atom. The SMILES string of the molecule is Cc1ccc(C(=O)Nc2cnn(CCN3CCOC3=O)c2)c2ccccc12. The van der Waals surface area contributed by atoms with E-state index in [1.54, 1.807) is 22.0 Å². The number of cyclic esters (lactones) is 1. The first kappa shape index (κ1) is 17.1. The summed E-state index contributed by atoms with van der Waals surface area (Å²) >= 11 is 0. The maximum Gasteiger partial charge on any atom is 0.410 e. The molecule has 0 bridgehead atoms. The van der Waals surface area contributed by atoms with E-state index in [0.717, 1.165) is 16.3 Å². The Hall–Kier alpha value is -3.35. The van der Waals surface area contributed by atoms with Gasteiger partial charge in [-0.25, -0.2) is 4.79 Å². The number of aryl methyl sites for hydroxylation is 1. The molecule has 1 aromatic heterocycles. The highest BCUT2D eigenvalue weighted by molar-refractivity contribution is 6.13. The molecule has 1 fully saturated rings. The number of amides is 2. The van der Waals surface area contributed by atoms with Crippen LogP contribution in [0.4, 0.5) is 10.5 Å². The maximum atomic E-state index is 12.7. The van der Waals surface area contributed by atoms with E-state index >= 15 is 0 Å². The van der Waals surface area contributed by atoms with Crippen LogP contribution in [0, 0.1) is 6.92 Å². The number of aromatic nitrogens is 2. The van der Waals surface area contributed by atoms with Crippen LogP contribution < -0.4 is 5.32 Å². The fourth-order valence-electron chi connectivity index (χ4n) is 3.25. The van der Waals surface area contributed by atoms with E-state index in [1.165, 1.54) is 0 Å². The third kappa shape index (κ3) is 3.48. The van der Waals surface area contributed by atoms with Crippen molar-refractivity contribution in [3.05, 3.63) is 59.9 Å². The van der Waals surface area contributed by atoms with Crippen LogP contribution in [0.15, 0.2) is 48.8 Å². The van der Waals surface area contributed by atoms with Crippen molar-refractivity contribution in [2.75, 3.05) is 25.0 Å². The summed E-state index contributed by atoms with van der Waals surface area (Å²) < 4.78 is 6.61. The van der Waals surface area contributed by atoms with Crippen molar-refractivity contribution in [3.63, 3.8) is 0 Å². The number of carbonyl (C=O) groups excluding carboxylic acids is 2. The summed E-state index contributed by atoms with van der Waals surface area (Å²) in [5.74, 6) is -0.172. The molecule has 0 spiro atoms. The second-order valence-electron chi connectivity index (χ2n) is 6.52. The topological polar surface area (TPSA) is 76.5 Å². The van der Waals surface area contributed by atoms with Gasteiger partial charge in [-0.3, -0.25) is 9.48 Å². The molecule has 7 nitrogen and oxygen atoms in total. The van der Waals surface area contributed by atoms with Gasteiger partial charge in [-0.15, -0.1) is 0 Å². The lowest BCUT2D eigenvalue weighted by Crippen LogP contribution is -2.28. The molecule has 2 heterocycles. The summed E-state index contributed by atoms with van der Waals surface area (Å²) in [6.45, 7) is 4.13. The molecule has 2 aromatic carbocycles. The number of fused-ring (bicyclic) bond motifs is 1. The quantitative estimate of drug-likeness (QED) is 0.755. The molecule has 7 heteroatoms. The molecule has 1 aliphatic rings. The molecule has 0 unspecified atom stereocenters. The summed E-state index contributed by atoms with van der Waals surface area (Å²) in [5, 5.41) is 9.14. The van der Waals surface area contributed by atoms with Crippen LogP contribution in [0.1, 0.15) is 15.9 Å². The Bertz CT molecular complexity index is 1010. The molecular formula is C20H20N4O3. The number of hydrogen-bond acceptors (Lipinski definition) is 4. The third-order valence-electron chi connectivity index (χ3n) is 4.72. The Labute approximate surface area is 156 Å². The number of nitrogens with one attached hydrogen (secondary N) is 1. The average Bonchev–Trinajstić information content (AvgIpc) is 3.29. The van der Waals surface area contributed by atoms with Gasteiger partial charge in [0.1, 0.15) is 6.61 Å². The number of hydrogen-bond donors (Lipinski definition) is 1. The van der Waals surface area contributed by atoms with Crippen molar-refractivity contribution in [2.45, 2.75) is 13.5 Å². The monoisotopic (exact) mass is 364 g/mol. The van der Waals surface area contributed by atoms with Crippen molar-refractivity contribution < 1.29 is 14.3 Å². The molecule has 0 aliphatic carbocycles. The van der Waals surface area contributed by atoms with E-state index in [1.807, 2.05) is 43.3 Å². The van der Waals surface area contributed by atoms with Gasteiger partial charge in [0.15, 0.2) is 0 Å². The van der Waals surface area contributed by atoms with Crippen molar-refractivity contribution >= 4 is 28.5 Å². The summed E-state index contributed by atoms with van der Waals surface area (Å²) in [6, 6.07) is 11.7. The highest BCUT2D eigenvalue weighted by Gasteiger charge is 2.21. The van der Waals surface area contributed by atoms with Crippen LogP contribution in [0.2, 0.25) is 0 Å². The summed E-state index contributed by atoms with van der Waals surface area (Å²) in [7, 11) is 0. The van der Waals surface area contributed by atoms with Crippen molar-refractivity contribution in [1.82, 2.24) is 14.7 Å². The maximum absolute atomic E-state index is 12.7. The Morgan fingerprint density at radius 2 is 2.00 bits per heavy atom. The van der Waals surface area contributed by atoms with E-state index in [9.17, 15) is 9.59 Å². The molecule has 1 aliphatic heterocycles. The largest absolute Gasteiger partial charge is 0.448 e. The number of carbonyl (C=O) groups is 2. The molecule has 0 atom stereocenters. The molecule has 1 N–H and O–H groups in total. The highest BCUT2D eigenvalue weighted by atomic mass is 16.6. The molecule has 2 amide bonds. The number of benzene rings is 2. The summed E-state index contributed by atoms with van der Waals surface area (Å²) in [5.41, 5.74) is 2.38. The third-order valence-corrected chi connectivity index (χ3v) is 4.72. The predicted octanol–water partition coefficient (Wildman–Crippen LogP) is 3.05. The Balaban J connectivity index is 1.45. The molecule has 1 saturated heterocycles. The number of ether oxygens (including phenoxy) is 1. The van der Waals surface area contributed by atoms with E-state index in [0.29, 0.717) is 37.5 Å². The van der Waals surface area contributed by atoms with Gasteiger partial charge in [-0.05, 0) is 29.3 Å². The second-order valence-corrected chi connectivity index (χ2v) is 6.52. The lowest BCUT2D eigenvalue weighted by Gasteiger charge is -2.11. The van der Waals surface area contributed by atoms with Gasteiger partial charge in [-0.2, -0.15) is 5.10 Å². The second kappa shape index (κ2) is 7.11.